The van der Waals surface area contributed by atoms with Crippen molar-refractivity contribution in [3.05, 3.63) is 0 Å². The van der Waals surface area contributed by atoms with Gasteiger partial charge in [0.25, 0.3) is 0 Å². The normalized spacial score (nSPS) is 23.9. The Morgan fingerprint density at radius 3 is 2.69 bits per heavy atom. The van der Waals surface area contributed by atoms with E-state index in [1.165, 1.54) is 0 Å². The Bertz CT molecular complexity index is 270. The molecule has 2 atom stereocenters. The van der Waals surface area contributed by atoms with E-state index in [9.17, 15) is 14.7 Å². The zero-order chi connectivity index (χ0) is 12.1. The Hall–Kier alpha value is -1.14. The van der Waals surface area contributed by atoms with Crippen molar-refractivity contribution in [3.63, 3.8) is 0 Å². The largest absolute Gasteiger partial charge is 0.481 e. The zero-order valence-electron chi connectivity index (χ0n) is 9.13. The van der Waals surface area contributed by atoms with Crippen molar-refractivity contribution < 1.29 is 19.8 Å². The molecule has 1 amide bonds. The molecule has 6 heteroatoms. The maximum absolute atomic E-state index is 11.2. The molecule has 1 rings (SSSR count). The topological polar surface area (TPSA) is 104 Å². The first-order valence-corrected chi connectivity index (χ1v) is 5.44. The van der Waals surface area contributed by atoms with E-state index in [4.69, 9.17) is 10.8 Å². The number of hydrogen-bond acceptors (Lipinski definition) is 4. The number of amides is 1. The Balaban J connectivity index is 2.49. The number of carboxylic acids is 1. The molecule has 1 heterocycles. The molecule has 1 saturated heterocycles. The minimum Gasteiger partial charge on any atom is -0.481 e. The van der Waals surface area contributed by atoms with Crippen LogP contribution in [0.1, 0.15) is 25.7 Å². The van der Waals surface area contributed by atoms with Crippen molar-refractivity contribution in [1.82, 2.24) is 4.90 Å². The number of carboxylic acid groups (broad SMARTS) is 1. The fourth-order valence-electron chi connectivity index (χ4n) is 2.07. The van der Waals surface area contributed by atoms with Gasteiger partial charge in [-0.15, -0.1) is 0 Å². The summed E-state index contributed by atoms with van der Waals surface area (Å²) in [5, 5.41) is 18.0. The van der Waals surface area contributed by atoms with Gasteiger partial charge in [0, 0.05) is 6.54 Å². The van der Waals surface area contributed by atoms with Gasteiger partial charge in [0.15, 0.2) is 0 Å². The van der Waals surface area contributed by atoms with Crippen LogP contribution < -0.4 is 5.73 Å². The summed E-state index contributed by atoms with van der Waals surface area (Å²) in [5.41, 5.74) is 5.26. The number of nitrogens with zero attached hydrogens (tertiary/aromatic N) is 1. The maximum Gasteiger partial charge on any atom is 0.306 e. The zero-order valence-corrected chi connectivity index (χ0v) is 9.13. The number of β-amino-alcohol motifs (C(OH)–C–C–N with tert-alkyl or cyclic N) is 1. The van der Waals surface area contributed by atoms with E-state index >= 15 is 0 Å². The third kappa shape index (κ3) is 3.79. The molecule has 4 N–H and O–H groups in total. The van der Waals surface area contributed by atoms with Crippen LogP contribution in [-0.4, -0.2) is 52.2 Å². The number of carbonyl (C=O) groups excluding carboxylic acids is 1. The molecular formula is C10H18N2O4. The highest BCUT2D eigenvalue weighted by atomic mass is 16.4. The smallest absolute Gasteiger partial charge is 0.306 e. The first-order valence-electron chi connectivity index (χ1n) is 5.44. The first kappa shape index (κ1) is 12.9. The summed E-state index contributed by atoms with van der Waals surface area (Å²) < 4.78 is 0. The number of aliphatic hydroxyl groups is 1. The fourth-order valence-corrected chi connectivity index (χ4v) is 2.07. The summed E-state index contributed by atoms with van der Waals surface area (Å²) in [6.07, 6.45) is 1.33. The van der Waals surface area contributed by atoms with Crippen LogP contribution in [-0.2, 0) is 9.59 Å². The Labute approximate surface area is 94.0 Å². The molecule has 1 aliphatic heterocycles. The summed E-state index contributed by atoms with van der Waals surface area (Å²) in [5.74, 6) is -1.44. The van der Waals surface area contributed by atoms with Gasteiger partial charge in [-0.05, 0) is 19.4 Å². The Morgan fingerprint density at radius 1 is 1.44 bits per heavy atom. The summed E-state index contributed by atoms with van der Waals surface area (Å²) in [7, 11) is 0. The van der Waals surface area contributed by atoms with Crippen molar-refractivity contribution in [2.45, 2.75) is 37.8 Å². The van der Waals surface area contributed by atoms with E-state index in [1.54, 1.807) is 4.90 Å². The second kappa shape index (κ2) is 5.81. The highest BCUT2D eigenvalue weighted by Crippen LogP contribution is 2.17. The lowest BCUT2D eigenvalue weighted by molar-refractivity contribution is -0.139. The number of primary amides is 1. The standard InChI is InChI=1S/C10H18N2O4/c11-10(16)8-3-1-2-4-12(8)6-7(13)5-9(14)15/h7-8,13H,1-6H2,(H2,11,16)(H,14,15). The van der Waals surface area contributed by atoms with Gasteiger partial charge in [0.05, 0.1) is 18.6 Å². The summed E-state index contributed by atoms with van der Waals surface area (Å²) in [6.45, 7) is 0.879. The van der Waals surface area contributed by atoms with E-state index in [1.807, 2.05) is 0 Å². The molecule has 0 spiro atoms. The quantitative estimate of drug-likeness (QED) is 0.571. The number of piperidine rings is 1. The molecule has 1 aliphatic rings. The number of hydrogen-bond donors (Lipinski definition) is 3. The van der Waals surface area contributed by atoms with Gasteiger partial charge in [0.1, 0.15) is 0 Å². The third-order valence-electron chi connectivity index (χ3n) is 2.80. The fraction of sp³-hybridized carbons (Fsp3) is 0.800. The molecule has 0 saturated carbocycles. The maximum atomic E-state index is 11.2. The summed E-state index contributed by atoms with van der Waals surface area (Å²) >= 11 is 0. The molecule has 0 aliphatic carbocycles. The lowest BCUT2D eigenvalue weighted by atomic mass is 10.0. The van der Waals surface area contributed by atoms with Crippen LogP contribution in [0.15, 0.2) is 0 Å². The van der Waals surface area contributed by atoms with Crippen molar-refractivity contribution in [2.75, 3.05) is 13.1 Å². The van der Waals surface area contributed by atoms with Crippen LogP contribution in [0, 0.1) is 0 Å². The van der Waals surface area contributed by atoms with Crippen molar-refractivity contribution in [3.8, 4) is 0 Å². The van der Waals surface area contributed by atoms with Gasteiger partial charge in [-0.25, -0.2) is 0 Å². The number of nitrogens with two attached hydrogens (primary N) is 1. The van der Waals surface area contributed by atoms with E-state index in [0.717, 1.165) is 12.8 Å². The molecule has 1 fully saturated rings. The number of likely N-dealkylation sites (tertiary alicyclic amines) is 1. The second-order valence-electron chi connectivity index (χ2n) is 4.16. The first-order chi connectivity index (χ1) is 7.50. The van der Waals surface area contributed by atoms with Gasteiger partial charge in [-0.3, -0.25) is 14.5 Å². The monoisotopic (exact) mass is 230 g/mol. The number of aliphatic carboxylic acids is 1. The average molecular weight is 230 g/mol. The SMILES string of the molecule is NC(=O)C1CCCCN1CC(O)CC(=O)O. The molecule has 0 radical (unpaired) electrons. The van der Waals surface area contributed by atoms with E-state index in [0.29, 0.717) is 13.0 Å². The van der Waals surface area contributed by atoms with Crippen LogP contribution in [0.4, 0.5) is 0 Å². The molecule has 0 aromatic carbocycles. The van der Waals surface area contributed by atoms with Gasteiger partial charge in [0.2, 0.25) is 5.91 Å². The van der Waals surface area contributed by atoms with E-state index in [-0.39, 0.29) is 19.0 Å². The van der Waals surface area contributed by atoms with Crippen LogP contribution in [0.25, 0.3) is 0 Å². The average Bonchev–Trinajstić information content (AvgIpc) is 2.16. The number of rotatable bonds is 5. The second-order valence-corrected chi connectivity index (χ2v) is 4.16. The minimum absolute atomic E-state index is 0.194. The van der Waals surface area contributed by atoms with E-state index in [2.05, 4.69) is 0 Å². The predicted molar refractivity (Wildman–Crippen MR) is 56.7 cm³/mol. The highest BCUT2D eigenvalue weighted by molar-refractivity contribution is 5.79. The predicted octanol–water partition coefficient (Wildman–Crippen LogP) is -0.838. The van der Waals surface area contributed by atoms with Gasteiger partial charge in [-0.2, -0.15) is 0 Å². The lowest BCUT2D eigenvalue weighted by Crippen LogP contribution is -2.50. The highest BCUT2D eigenvalue weighted by Gasteiger charge is 2.28. The van der Waals surface area contributed by atoms with Gasteiger partial charge < -0.3 is 15.9 Å². The van der Waals surface area contributed by atoms with Gasteiger partial charge >= 0.3 is 5.97 Å². The molecule has 2 unspecified atom stereocenters. The Kier molecular flexibility index (Phi) is 4.70. The third-order valence-corrected chi connectivity index (χ3v) is 2.80. The number of aliphatic hydroxyl groups excluding tert-OH is 1. The van der Waals surface area contributed by atoms with Crippen LogP contribution >= 0.6 is 0 Å². The van der Waals surface area contributed by atoms with Crippen molar-refractivity contribution in [2.24, 2.45) is 5.73 Å². The molecule has 0 aromatic heterocycles. The molecule has 6 nitrogen and oxygen atoms in total. The molecule has 0 aromatic rings. The number of carbonyl (C=O) groups is 2. The van der Waals surface area contributed by atoms with Crippen LogP contribution in [0.5, 0.6) is 0 Å². The molecular weight excluding hydrogens is 212 g/mol. The van der Waals surface area contributed by atoms with Gasteiger partial charge in [-0.1, -0.05) is 6.42 Å². The van der Waals surface area contributed by atoms with Crippen LogP contribution in [0.2, 0.25) is 0 Å². The Morgan fingerprint density at radius 2 is 2.12 bits per heavy atom. The summed E-state index contributed by atoms with van der Waals surface area (Å²) in [6, 6.07) is -0.364. The summed E-state index contributed by atoms with van der Waals surface area (Å²) in [4.78, 5) is 23.3. The van der Waals surface area contributed by atoms with Crippen molar-refractivity contribution >= 4 is 11.9 Å². The minimum atomic E-state index is -1.04. The molecule has 92 valence electrons. The van der Waals surface area contributed by atoms with Crippen LogP contribution in [0.3, 0.4) is 0 Å². The lowest BCUT2D eigenvalue weighted by Gasteiger charge is -2.34. The van der Waals surface area contributed by atoms with E-state index < -0.39 is 18.0 Å². The van der Waals surface area contributed by atoms with Crippen molar-refractivity contribution in [1.29, 1.82) is 0 Å². The molecule has 0 bridgehead atoms. The molecule has 16 heavy (non-hydrogen) atoms.